The van der Waals surface area contributed by atoms with Crippen molar-refractivity contribution in [2.75, 3.05) is 0 Å². The number of nitrogens with two attached hydrogens (primary N) is 1. The zero-order valence-electron chi connectivity index (χ0n) is 21.6. The molecule has 2 amide bonds. The molecule has 5 rings (SSSR count). The van der Waals surface area contributed by atoms with Crippen molar-refractivity contribution in [1.82, 2.24) is 9.80 Å². The summed E-state index contributed by atoms with van der Waals surface area (Å²) in [5.74, 6) is -2.51. The maximum absolute atomic E-state index is 14.0. The summed E-state index contributed by atoms with van der Waals surface area (Å²) in [7, 11) is 0. The van der Waals surface area contributed by atoms with E-state index >= 15 is 0 Å². The van der Waals surface area contributed by atoms with Gasteiger partial charge in [0, 0.05) is 15.7 Å². The van der Waals surface area contributed by atoms with Gasteiger partial charge in [0.25, 0.3) is 5.91 Å². The number of amides is 2. The summed E-state index contributed by atoms with van der Waals surface area (Å²) < 4.78 is 0. The van der Waals surface area contributed by atoms with Gasteiger partial charge >= 0.3 is 5.97 Å². The number of allylic oxidation sites excluding steroid dienone is 1. The molecule has 1 saturated heterocycles. The molecule has 1 fully saturated rings. The lowest BCUT2D eigenvalue weighted by Gasteiger charge is -2.37. The van der Waals surface area contributed by atoms with Crippen molar-refractivity contribution >= 4 is 57.9 Å². The summed E-state index contributed by atoms with van der Waals surface area (Å²) in [5, 5.41) is 11.7. The van der Waals surface area contributed by atoms with Crippen LogP contribution in [0, 0.1) is 5.92 Å². The largest absolute Gasteiger partial charge is 0.480 e. The number of halogens is 2. The van der Waals surface area contributed by atoms with Gasteiger partial charge in [-0.2, -0.15) is 0 Å². The van der Waals surface area contributed by atoms with Gasteiger partial charge in [-0.25, -0.2) is 9.79 Å². The highest BCUT2D eigenvalue weighted by Crippen LogP contribution is 2.56. The predicted molar refractivity (Wildman–Crippen MR) is 152 cm³/mol. The number of benzene rings is 2. The zero-order chi connectivity index (χ0) is 28.2. The fraction of sp³-hybridized carbons (Fsp3) is 0.357. The normalized spacial score (nSPS) is 26.3. The van der Waals surface area contributed by atoms with Crippen LogP contribution in [0.4, 0.5) is 0 Å². The van der Waals surface area contributed by atoms with Gasteiger partial charge in [0.15, 0.2) is 5.17 Å². The van der Waals surface area contributed by atoms with Crippen molar-refractivity contribution in [2.45, 2.75) is 57.3 Å². The fourth-order valence-electron chi connectivity index (χ4n) is 5.80. The highest BCUT2D eigenvalue weighted by atomic mass is 35.5. The monoisotopic (exact) mass is 586 g/mol. The lowest BCUT2D eigenvalue weighted by Crippen LogP contribution is -2.50. The molecular weight excluding hydrogens is 559 g/mol. The third-order valence-electron chi connectivity index (χ3n) is 7.60. The molecule has 2 aromatic rings. The zero-order valence-corrected chi connectivity index (χ0v) is 23.9. The summed E-state index contributed by atoms with van der Waals surface area (Å²) in [4.78, 5) is 47.0. The number of nitrogens with zero attached hydrogens (tertiary/aromatic N) is 3. The molecule has 0 spiro atoms. The van der Waals surface area contributed by atoms with E-state index in [9.17, 15) is 19.5 Å². The first-order valence-electron chi connectivity index (χ1n) is 12.6. The molecule has 0 bridgehead atoms. The minimum Gasteiger partial charge on any atom is -0.480 e. The quantitative estimate of drug-likeness (QED) is 0.482. The number of amidine groups is 1. The van der Waals surface area contributed by atoms with Gasteiger partial charge < -0.3 is 20.6 Å². The van der Waals surface area contributed by atoms with E-state index in [1.165, 1.54) is 11.8 Å². The Kier molecular flexibility index (Phi) is 7.20. The van der Waals surface area contributed by atoms with Crippen molar-refractivity contribution in [3.63, 3.8) is 0 Å². The van der Waals surface area contributed by atoms with Crippen molar-refractivity contribution in [1.29, 1.82) is 0 Å². The van der Waals surface area contributed by atoms with Crippen molar-refractivity contribution in [2.24, 2.45) is 16.6 Å². The van der Waals surface area contributed by atoms with Crippen molar-refractivity contribution in [3.05, 3.63) is 80.3 Å². The number of rotatable bonds is 6. The van der Waals surface area contributed by atoms with Gasteiger partial charge in [0.2, 0.25) is 5.91 Å². The van der Waals surface area contributed by atoms with Crippen LogP contribution < -0.4 is 5.73 Å². The van der Waals surface area contributed by atoms with Crippen LogP contribution in [-0.2, 0) is 19.9 Å². The van der Waals surface area contributed by atoms with E-state index < -0.39 is 35.4 Å². The van der Waals surface area contributed by atoms with Crippen molar-refractivity contribution in [3.8, 4) is 0 Å². The third kappa shape index (κ3) is 4.60. The first-order valence-corrected chi connectivity index (χ1v) is 14.2. The van der Waals surface area contributed by atoms with Gasteiger partial charge in [0.05, 0.1) is 6.04 Å². The van der Waals surface area contributed by atoms with E-state index in [4.69, 9.17) is 33.9 Å². The van der Waals surface area contributed by atoms with Gasteiger partial charge in [-0.1, -0.05) is 61.3 Å². The highest BCUT2D eigenvalue weighted by Gasteiger charge is 2.55. The van der Waals surface area contributed by atoms with Gasteiger partial charge in [0.1, 0.15) is 22.5 Å². The average molecular weight is 588 g/mol. The summed E-state index contributed by atoms with van der Waals surface area (Å²) in [5.41, 5.74) is 7.48. The first-order chi connectivity index (χ1) is 18.4. The number of carboxylic acids is 1. The molecule has 3 N–H and O–H groups in total. The van der Waals surface area contributed by atoms with Crippen LogP contribution in [0.2, 0.25) is 10.0 Å². The molecule has 4 atom stereocenters. The second-order valence-electron chi connectivity index (χ2n) is 10.4. The van der Waals surface area contributed by atoms with Crippen LogP contribution >= 0.6 is 35.0 Å². The number of likely N-dealkylation sites (tertiary alicyclic amines) is 1. The molecule has 2 unspecified atom stereocenters. The van der Waals surface area contributed by atoms with E-state index in [-0.39, 0.29) is 24.8 Å². The molecule has 0 aromatic heterocycles. The average Bonchev–Trinajstić information content (AvgIpc) is 3.55. The number of aliphatic imine (C=N–C) groups is 1. The fourth-order valence-corrected chi connectivity index (χ4v) is 7.40. The Morgan fingerprint density at radius 1 is 1.03 bits per heavy atom. The molecule has 3 aliphatic rings. The number of hydrogen-bond donors (Lipinski definition) is 2. The standard InChI is InChI=1S/C28H28Cl2N4O4S/c1-14(2)21-22(25(36)33-19(24(31)35)12-13-20(33)26(37)38)39-27-32-28(3,16-6-10-18(30)11-7-16)23(34(21)27)15-4-8-17(29)9-5-15/h4-11,14,19-20,23H,12-13H2,1-3H3,(H2,31,35)(H,37,38)/t19-,20-,23?,28?/m0/s1. The number of hydrogen-bond acceptors (Lipinski definition) is 6. The Bertz CT molecular complexity index is 1390. The number of aliphatic carboxylic acids is 1. The molecule has 2 aromatic carbocycles. The lowest BCUT2D eigenvalue weighted by molar-refractivity contribution is -0.149. The molecular formula is C28H28Cl2N4O4S. The number of primary amides is 1. The number of thioether (sulfide) groups is 1. The van der Waals surface area contributed by atoms with E-state index in [1.807, 2.05) is 69.3 Å². The van der Waals surface area contributed by atoms with E-state index in [0.29, 0.717) is 20.1 Å². The van der Waals surface area contributed by atoms with E-state index in [1.54, 1.807) is 0 Å². The van der Waals surface area contributed by atoms with Gasteiger partial charge in [-0.15, -0.1) is 0 Å². The Balaban J connectivity index is 1.65. The molecule has 0 saturated carbocycles. The molecule has 8 nitrogen and oxygen atoms in total. The second kappa shape index (κ2) is 10.2. The summed E-state index contributed by atoms with van der Waals surface area (Å²) in [6.07, 6.45) is 0.371. The Morgan fingerprint density at radius 3 is 2.13 bits per heavy atom. The van der Waals surface area contributed by atoms with E-state index in [2.05, 4.69) is 4.90 Å². The van der Waals surface area contributed by atoms with E-state index in [0.717, 1.165) is 21.7 Å². The number of carbonyl (C=O) groups is 3. The first kappa shape index (κ1) is 27.6. The number of carbonyl (C=O) groups excluding carboxylic acids is 2. The summed E-state index contributed by atoms with van der Waals surface area (Å²) in [6, 6.07) is 12.7. The molecule has 0 radical (unpaired) electrons. The Morgan fingerprint density at radius 2 is 1.59 bits per heavy atom. The maximum atomic E-state index is 14.0. The van der Waals surface area contributed by atoms with Gasteiger partial charge in [-0.05, 0) is 72.8 Å². The molecule has 3 heterocycles. The molecule has 0 aliphatic carbocycles. The molecule has 204 valence electrons. The lowest BCUT2D eigenvalue weighted by atomic mass is 9.81. The summed E-state index contributed by atoms with van der Waals surface area (Å²) in [6.45, 7) is 6.01. The summed E-state index contributed by atoms with van der Waals surface area (Å²) >= 11 is 13.6. The predicted octanol–water partition coefficient (Wildman–Crippen LogP) is 5.17. The Labute approximate surface area is 240 Å². The smallest absolute Gasteiger partial charge is 0.326 e. The van der Waals surface area contributed by atoms with Crippen molar-refractivity contribution < 1.29 is 19.5 Å². The van der Waals surface area contributed by atoms with Crippen LogP contribution in [-0.4, -0.2) is 49.9 Å². The topological polar surface area (TPSA) is 116 Å². The van der Waals surface area contributed by atoms with Crippen LogP contribution in [0.15, 0.2) is 64.1 Å². The molecule has 11 heteroatoms. The van der Waals surface area contributed by atoms with Crippen LogP contribution in [0.25, 0.3) is 0 Å². The minimum atomic E-state index is -1.16. The molecule has 3 aliphatic heterocycles. The van der Waals surface area contributed by atoms with Crippen LogP contribution in [0.3, 0.4) is 0 Å². The van der Waals surface area contributed by atoms with Gasteiger partial charge in [-0.3, -0.25) is 9.59 Å². The van der Waals surface area contributed by atoms with Crippen LogP contribution in [0.5, 0.6) is 0 Å². The second-order valence-corrected chi connectivity index (χ2v) is 12.3. The maximum Gasteiger partial charge on any atom is 0.326 e. The number of carboxylic acid groups (broad SMARTS) is 1. The van der Waals surface area contributed by atoms with Crippen LogP contribution in [0.1, 0.15) is 50.8 Å². The Hall–Kier alpha value is -3.01. The molecule has 39 heavy (non-hydrogen) atoms. The SMILES string of the molecule is CC(C)C1=C(C(=O)N2[C@H](C(N)=O)CC[C@H]2C(=O)O)SC2=NC(C)(c3ccc(Cl)cc3)C(c3ccc(Cl)cc3)N21. The minimum absolute atomic E-state index is 0.121. The third-order valence-corrected chi connectivity index (χ3v) is 9.16. The highest BCUT2D eigenvalue weighted by molar-refractivity contribution is 8.18. The number of fused-ring (bicyclic) bond motifs is 1.